The highest BCUT2D eigenvalue weighted by Crippen LogP contribution is 2.37. The molecule has 0 N–H and O–H groups in total. The van der Waals surface area contributed by atoms with Crippen LogP contribution in [0.2, 0.25) is 10.0 Å². The van der Waals surface area contributed by atoms with Gasteiger partial charge in [-0.1, -0.05) is 23.2 Å². The third-order valence-corrected chi connectivity index (χ3v) is 3.56. The quantitative estimate of drug-likeness (QED) is 0.781. The summed E-state index contributed by atoms with van der Waals surface area (Å²) < 4.78 is 23.4. The third-order valence-electron chi connectivity index (χ3n) is 2.91. The number of hydrogen-bond donors (Lipinski definition) is 0. The maximum absolute atomic E-state index is 13.2. The summed E-state index contributed by atoms with van der Waals surface area (Å²) in [5.41, 5.74) is 0.479. The van der Waals surface area contributed by atoms with Gasteiger partial charge in [0.05, 0.1) is 24.8 Å². The lowest BCUT2D eigenvalue weighted by Crippen LogP contribution is -2.05. The molecule has 0 atom stereocenters. The second-order valence-electron chi connectivity index (χ2n) is 4.12. The largest absolute Gasteiger partial charge is 0.495 e. The number of hydrogen-bond acceptors (Lipinski definition) is 3. The SMILES string of the molecule is COc1ccc(C(=O)c2ccc(F)c(Cl)c2)c(OC)c1Cl. The third kappa shape index (κ3) is 2.96. The fraction of sp³-hybridized carbons (Fsp3) is 0.133. The molecule has 6 heteroatoms. The molecule has 0 aromatic heterocycles. The first-order chi connectivity index (χ1) is 9.99. The van der Waals surface area contributed by atoms with Gasteiger partial charge in [0.15, 0.2) is 11.5 Å². The van der Waals surface area contributed by atoms with E-state index in [2.05, 4.69) is 0 Å². The Kier molecular flexibility index (Phi) is 4.70. The van der Waals surface area contributed by atoms with Crippen molar-refractivity contribution in [2.45, 2.75) is 0 Å². The van der Waals surface area contributed by atoms with Crippen molar-refractivity contribution in [2.75, 3.05) is 14.2 Å². The molecule has 2 rings (SSSR count). The summed E-state index contributed by atoms with van der Waals surface area (Å²) >= 11 is 11.8. The first kappa shape index (κ1) is 15.6. The monoisotopic (exact) mass is 328 g/mol. The molecule has 2 aromatic carbocycles. The van der Waals surface area contributed by atoms with E-state index in [-0.39, 0.29) is 32.7 Å². The summed E-state index contributed by atoms with van der Waals surface area (Å²) in [6, 6.07) is 6.83. The first-order valence-corrected chi connectivity index (χ1v) is 6.65. The van der Waals surface area contributed by atoms with Gasteiger partial charge >= 0.3 is 0 Å². The molecule has 110 valence electrons. The van der Waals surface area contributed by atoms with Crippen LogP contribution in [0.1, 0.15) is 15.9 Å². The van der Waals surface area contributed by atoms with Crippen LogP contribution in [0.4, 0.5) is 4.39 Å². The van der Waals surface area contributed by atoms with Crippen LogP contribution in [0.5, 0.6) is 11.5 Å². The van der Waals surface area contributed by atoms with Crippen LogP contribution in [-0.2, 0) is 0 Å². The van der Waals surface area contributed by atoms with Crippen molar-refractivity contribution in [1.82, 2.24) is 0 Å². The minimum Gasteiger partial charge on any atom is -0.495 e. The van der Waals surface area contributed by atoms with E-state index in [0.29, 0.717) is 5.75 Å². The number of halogens is 3. The van der Waals surface area contributed by atoms with Crippen molar-refractivity contribution in [3.05, 3.63) is 57.3 Å². The molecule has 2 aromatic rings. The van der Waals surface area contributed by atoms with E-state index in [1.165, 1.54) is 32.4 Å². The van der Waals surface area contributed by atoms with Crippen molar-refractivity contribution >= 4 is 29.0 Å². The average molecular weight is 329 g/mol. The maximum Gasteiger partial charge on any atom is 0.196 e. The van der Waals surface area contributed by atoms with Gasteiger partial charge in [-0.25, -0.2) is 4.39 Å². The van der Waals surface area contributed by atoms with Crippen LogP contribution < -0.4 is 9.47 Å². The molecular weight excluding hydrogens is 318 g/mol. The Morgan fingerprint density at radius 1 is 1.10 bits per heavy atom. The van der Waals surface area contributed by atoms with Gasteiger partial charge < -0.3 is 9.47 Å². The molecule has 0 aliphatic carbocycles. The molecule has 0 fully saturated rings. The Morgan fingerprint density at radius 3 is 2.38 bits per heavy atom. The fourth-order valence-corrected chi connectivity index (χ4v) is 2.37. The van der Waals surface area contributed by atoms with E-state index < -0.39 is 5.82 Å². The van der Waals surface area contributed by atoms with E-state index in [0.717, 1.165) is 6.07 Å². The van der Waals surface area contributed by atoms with Crippen LogP contribution >= 0.6 is 23.2 Å². The Labute approximate surface area is 131 Å². The van der Waals surface area contributed by atoms with Gasteiger partial charge in [0, 0.05) is 5.56 Å². The molecule has 0 heterocycles. The van der Waals surface area contributed by atoms with Crippen molar-refractivity contribution in [2.24, 2.45) is 0 Å². The number of carbonyl (C=O) groups is 1. The Morgan fingerprint density at radius 2 is 1.81 bits per heavy atom. The number of ether oxygens (including phenoxy) is 2. The summed E-state index contributed by atoms with van der Waals surface area (Å²) in [5, 5.41) is 0.0680. The first-order valence-electron chi connectivity index (χ1n) is 5.89. The molecule has 21 heavy (non-hydrogen) atoms. The number of rotatable bonds is 4. The van der Waals surface area contributed by atoms with Gasteiger partial charge in [0.2, 0.25) is 0 Å². The lowest BCUT2D eigenvalue weighted by Gasteiger charge is -2.12. The summed E-state index contributed by atoms with van der Waals surface area (Å²) in [6.07, 6.45) is 0. The van der Waals surface area contributed by atoms with Crippen LogP contribution in [0.25, 0.3) is 0 Å². The molecule has 0 spiro atoms. The summed E-state index contributed by atoms with van der Waals surface area (Å²) in [4.78, 5) is 12.5. The molecule has 0 radical (unpaired) electrons. The lowest BCUT2D eigenvalue weighted by molar-refractivity contribution is 0.103. The Balaban J connectivity index is 2.52. The van der Waals surface area contributed by atoms with Crippen LogP contribution in [-0.4, -0.2) is 20.0 Å². The van der Waals surface area contributed by atoms with Crippen LogP contribution in [0, 0.1) is 5.82 Å². The fourth-order valence-electron chi connectivity index (χ4n) is 1.87. The smallest absolute Gasteiger partial charge is 0.196 e. The highest BCUT2D eigenvalue weighted by atomic mass is 35.5. The summed E-state index contributed by atoms with van der Waals surface area (Å²) in [7, 11) is 2.86. The van der Waals surface area contributed by atoms with Gasteiger partial charge in [0.1, 0.15) is 16.6 Å². The standard InChI is InChI=1S/C15H11Cl2FO3/c1-20-12-6-4-9(15(21-2)13(12)17)14(19)8-3-5-11(18)10(16)7-8/h3-7H,1-2H3. The average Bonchev–Trinajstić information content (AvgIpc) is 2.49. The number of methoxy groups -OCH3 is 2. The lowest BCUT2D eigenvalue weighted by atomic mass is 10.0. The molecule has 0 aliphatic rings. The Bertz CT molecular complexity index is 702. The van der Waals surface area contributed by atoms with E-state index in [1.807, 2.05) is 0 Å². The van der Waals surface area contributed by atoms with E-state index in [4.69, 9.17) is 32.7 Å². The Hall–Kier alpha value is -1.78. The molecule has 0 aliphatic heterocycles. The summed E-state index contributed by atoms with van der Waals surface area (Å²) in [6.45, 7) is 0. The zero-order valence-electron chi connectivity index (χ0n) is 11.2. The second-order valence-corrected chi connectivity index (χ2v) is 4.91. The molecule has 0 saturated carbocycles. The van der Waals surface area contributed by atoms with Gasteiger partial charge in [-0.3, -0.25) is 4.79 Å². The van der Waals surface area contributed by atoms with Gasteiger partial charge in [0.25, 0.3) is 0 Å². The van der Waals surface area contributed by atoms with Crippen molar-refractivity contribution in [3.63, 3.8) is 0 Å². The topological polar surface area (TPSA) is 35.5 Å². The summed E-state index contributed by atoms with van der Waals surface area (Å²) in [5.74, 6) is -0.380. The van der Waals surface area contributed by atoms with Gasteiger partial charge in [-0.2, -0.15) is 0 Å². The number of carbonyl (C=O) groups excluding carboxylic acids is 1. The molecule has 0 amide bonds. The molecule has 0 bridgehead atoms. The van der Waals surface area contributed by atoms with Crippen molar-refractivity contribution in [1.29, 1.82) is 0 Å². The highest BCUT2D eigenvalue weighted by Gasteiger charge is 2.20. The van der Waals surface area contributed by atoms with E-state index >= 15 is 0 Å². The van der Waals surface area contributed by atoms with Gasteiger partial charge in [-0.15, -0.1) is 0 Å². The van der Waals surface area contributed by atoms with Crippen molar-refractivity contribution < 1.29 is 18.7 Å². The molecule has 0 saturated heterocycles. The van der Waals surface area contributed by atoms with E-state index in [9.17, 15) is 9.18 Å². The van der Waals surface area contributed by atoms with E-state index in [1.54, 1.807) is 6.07 Å². The predicted molar refractivity (Wildman–Crippen MR) is 79.4 cm³/mol. The molecular formula is C15H11Cl2FO3. The second kappa shape index (κ2) is 6.33. The normalized spacial score (nSPS) is 10.3. The number of benzene rings is 2. The minimum absolute atomic E-state index is 0.126. The predicted octanol–water partition coefficient (Wildman–Crippen LogP) is 4.38. The molecule has 3 nitrogen and oxygen atoms in total. The zero-order chi connectivity index (χ0) is 15.6. The zero-order valence-corrected chi connectivity index (χ0v) is 12.8. The maximum atomic E-state index is 13.2. The van der Waals surface area contributed by atoms with Crippen LogP contribution in [0.15, 0.2) is 30.3 Å². The van der Waals surface area contributed by atoms with Crippen LogP contribution in [0.3, 0.4) is 0 Å². The molecule has 0 unspecified atom stereocenters. The minimum atomic E-state index is -0.590. The highest BCUT2D eigenvalue weighted by molar-refractivity contribution is 6.34. The van der Waals surface area contributed by atoms with Crippen molar-refractivity contribution in [3.8, 4) is 11.5 Å². The van der Waals surface area contributed by atoms with Gasteiger partial charge in [-0.05, 0) is 30.3 Å². The number of ketones is 1.